The molecule has 0 radical (unpaired) electrons. The molecule has 1 atom stereocenters. The molecule has 1 saturated heterocycles. The molecular formula is C10H15N3O. The molecule has 1 N–H and O–H groups in total. The van der Waals surface area contributed by atoms with Crippen LogP contribution in [0.3, 0.4) is 0 Å². The van der Waals surface area contributed by atoms with Gasteiger partial charge in [-0.1, -0.05) is 0 Å². The van der Waals surface area contributed by atoms with Gasteiger partial charge in [-0.2, -0.15) is 4.98 Å². The molecule has 1 fully saturated rings. The van der Waals surface area contributed by atoms with E-state index in [1.165, 1.54) is 6.42 Å². The van der Waals surface area contributed by atoms with Crippen molar-refractivity contribution in [2.75, 3.05) is 13.7 Å². The first-order valence-corrected chi connectivity index (χ1v) is 4.92. The molecule has 0 bridgehead atoms. The van der Waals surface area contributed by atoms with Gasteiger partial charge in [-0.05, 0) is 26.3 Å². The summed E-state index contributed by atoms with van der Waals surface area (Å²) in [6.45, 7) is 2.97. The van der Waals surface area contributed by atoms with Crippen LogP contribution in [0.5, 0.6) is 5.88 Å². The number of nitrogens with zero attached hydrogens (tertiary/aromatic N) is 2. The standard InChI is InChI=1S/C10H15N3O/c1-7-12-9(6-10(13-7)14-2)8-4-3-5-11-8/h6,8,11H,3-5H2,1-2H3/t8-/m0/s1. The number of rotatable bonds is 2. The molecule has 2 rings (SSSR count). The molecule has 1 aliphatic rings. The first-order chi connectivity index (χ1) is 6.79. The van der Waals surface area contributed by atoms with Crippen LogP contribution in [-0.4, -0.2) is 23.6 Å². The lowest BCUT2D eigenvalue weighted by Gasteiger charge is -2.10. The highest BCUT2D eigenvalue weighted by molar-refractivity contribution is 5.19. The highest BCUT2D eigenvalue weighted by atomic mass is 16.5. The highest BCUT2D eigenvalue weighted by Crippen LogP contribution is 2.23. The van der Waals surface area contributed by atoms with E-state index in [1.807, 2.05) is 13.0 Å². The molecule has 0 aliphatic carbocycles. The lowest BCUT2D eigenvalue weighted by Crippen LogP contribution is -2.15. The zero-order valence-corrected chi connectivity index (χ0v) is 8.58. The van der Waals surface area contributed by atoms with Crippen LogP contribution < -0.4 is 10.1 Å². The fourth-order valence-corrected chi connectivity index (χ4v) is 1.78. The Labute approximate surface area is 83.7 Å². The number of hydrogen-bond acceptors (Lipinski definition) is 4. The van der Waals surface area contributed by atoms with Gasteiger partial charge in [-0.15, -0.1) is 0 Å². The topological polar surface area (TPSA) is 47.0 Å². The minimum atomic E-state index is 0.380. The second kappa shape index (κ2) is 3.92. The monoisotopic (exact) mass is 193 g/mol. The van der Waals surface area contributed by atoms with Gasteiger partial charge in [0.15, 0.2) is 0 Å². The fourth-order valence-electron chi connectivity index (χ4n) is 1.78. The van der Waals surface area contributed by atoms with Crippen LogP contribution in [0.4, 0.5) is 0 Å². The van der Waals surface area contributed by atoms with Crippen molar-refractivity contribution in [1.82, 2.24) is 15.3 Å². The van der Waals surface area contributed by atoms with Crippen LogP contribution in [-0.2, 0) is 0 Å². The second-order valence-electron chi connectivity index (χ2n) is 3.53. The predicted molar refractivity (Wildman–Crippen MR) is 53.3 cm³/mol. The van der Waals surface area contributed by atoms with E-state index in [2.05, 4.69) is 15.3 Å². The van der Waals surface area contributed by atoms with Crippen molar-refractivity contribution < 1.29 is 4.74 Å². The number of aryl methyl sites for hydroxylation is 1. The van der Waals surface area contributed by atoms with Gasteiger partial charge in [-0.3, -0.25) is 0 Å². The predicted octanol–water partition coefficient (Wildman–Crippen LogP) is 1.22. The van der Waals surface area contributed by atoms with Crippen LogP contribution in [0, 0.1) is 6.92 Å². The Morgan fingerprint density at radius 3 is 3.00 bits per heavy atom. The third-order valence-corrected chi connectivity index (χ3v) is 2.46. The molecule has 14 heavy (non-hydrogen) atoms. The molecule has 76 valence electrons. The van der Waals surface area contributed by atoms with E-state index in [0.29, 0.717) is 11.9 Å². The average Bonchev–Trinajstić information content (AvgIpc) is 2.69. The maximum Gasteiger partial charge on any atom is 0.216 e. The summed E-state index contributed by atoms with van der Waals surface area (Å²) in [5.74, 6) is 1.43. The normalized spacial score (nSPS) is 21.1. The first-order valence-electron chi connectivity index (χ1n) is 4.92. The Balaban J connectivity index is 2.27. The van der Waals surface area contributed by atoms with Crippen molar-refractivity contribution >= 4 is 0 Å². The van der Waals surface area contributed by atoms with Crippen LogP contribution in [0.2, 0.25) is 0 Å². The molecule has 4 nitrogen and oxygen atoms in total. The molecule has 0 amide bonds. The first kappa shape index (κ1) is 9.40. The van der Waals surface area contributed by atoms with E-state index in [-0.39, 0.29) is 0 Å². The molecule has 1 aromatic heterocycles. The van der Waals surface area contributed by atoms with Gasteiger partial charge < -0.3 is 10.1 Å². The Morgan fingerprint density at radius 1 is 1.50 bits per heavy atom. The summed E-state index contributed by atoms with van der Waals surface area (Å²) in [5, 5.41) is 3.41. The Bertz CT molecular complexity index is 321. The largest absolute Gasteiger partial charge is 0.481 e. The van der Waals surface area contributed by atoms with E-state index >= 15 is 0 Å². The molecule has 1 aliphatic heterocycles. The van der Waals surface area contributed by atoms with Crippen molar-refractivity contribution in [3.8, 4) is 5.88 Å². The van der Waals surface area contributed by atoms with Crippen LogP contribution in [0.25, 0.3) is 0 Å². The summed E-state index contributed by atoms with van der Waals surface area (Å²) in [4.78, 5) is 8.57. The van der Waals surface area contributed by atoms with E-state index < -0.39 is 0 Å². The van der Waals surface area contributed by atoms with Crippen molar-refractivity contribution in [2.45, 2.75) is 25.8 Å². The summed E-state index contributed by atoms with van der Waals surface area (Å²) in [6, 6.07) is 2.29. The molecule has 0 spiro atoms. The quantitative estimate of drug-likeness (QED) is 0.767. The minimum absolute atomic E-state index is 0.380. The van der Waals surface area contributed by atoms with Crippen LogP contribution >= 0.6 is 0 Å². The maximum atomic E-state index is 5.12. The van der Waals surface area contributed by atoms with Crippen molar-refractivity contribution in [3.05, 3.63) is 17.6 Å². The van der Waals surface area contributed by atoms with E-state index in [1.54, 1.807) is 7.11 Å². The summed E-state index contributed by atoms with van der Waals surface area (Å²) < 4.78 is 5.12. The lowest BCUT2D eigenvalue weighted by molar-refractivity contribution is 0.393. The number of methoxy groups -OCH3 is 1. The molecule has 4 heteroatoms. The smallest absolute Gasteiger partial charge is 0.216 e. The van der Waals surface area contributed by atoms with Gasteiger partial charge in [0.25, 0.3) is 0 Å². The number of aromatic nitrogens is 2. The molecule has 0 saturated carbocycles. The van der Waals surface area contributed by atoms with Gasteiger partial charge >= 0.3 is 0 Å². The fraction of sp³-hybridized carbons (Fsp3) is 0.600. The average molecular weight is 193 g/mol. The minimum Gasteiger partial charge on any atom is -0.481 e. The molecule has 2 heterocycles. The third kappa shape index (κ3) is 1.85. The van der Waals surface area contributed by atoms with Crippen molar-refractivity contribution in [3.63, 3.8) is 0 Å². The molecule has 0 unspecified atom stereocenters. The molecule has 0 aromatic carbocycles. The molecular weight excluding hydrogens is 178 g/mol. The summed E-state index contributed by atoms with van der Waals surface area (Å²) in [5.41, 5.74) is 1.05. The lowest BCUT2D eigenvalue weighted by atomic mass is 10.1. The van der Waals surface area contributed by atoms with Gasteiger partial charge in [0.2, 0.25) is 5.88 Å². The van der Waals surface area contributed by atoms with Crippen LogP contribution in [0.15, 0.2) is 6.07 Å². The Morgan fingerprint density at radius 2 is 2.36 bits per heavy atom. The van der Waals surface area contributed by atoms with E-state index in [4.69, 9.17) is 4.74 Å². The zero-order chi connectivity index (χ0) is 9.97. The van der Waals surface area contributed by atoms with Gasteiger partial charge in [0.1, 0.15) is 5.82 Å². The number of ether oxygens (including phenoxy) is 1. The molecule has 1 aromatic rings. The SMILES string of the molecule is COc1cc([C@@H]2CCCN2)nc(C)n1. The third-order valence-electron chi connectivity index (χ3n) is 2.46. The zero-order valence-electron chi connectivity index (χ0n) is 8.58. The summed E-state index contributed by atoms with van der Waals surface area (Å²) in [6.07, 6.45) is 2.37. The Hall–Kier alpha value is -1.16. The number of hydrogen-bond donors (Lipinski definition) is 1. The maximum absolute atomic E-state index is 5.12. The van der Waals surface area contributed by atoms with Gasteiger partial charge in [-0.25, -0.2) is 4.98 Å². The Kier molecular flexibility index (Phi) is 2.63. The van der Waals surface area contributed by atoms with E-state index in [9.17, 15) is 0 Å². The van der Waals surface area contributed by atoms with E-state index in [0.717, 1.165) is 24.5 Å². The second-order valence-corrected chi connectivity index (χ2v) is 3.53. The van der Waals surface area contributed by atoms with Gasteiger partial charge in [0, 0.05) is 12.1 Å². The van der Waals surface area contributed by atoms with Gasteiger partial charge in [0.05, 0.1) is 12.8 Å². The highest BCUT2D eigenvalue weighted by Gasteiger charge is 2.18. The summed E-state index contributed by atoms with van der Waals surface area (Å²) in [7, 11) is 1.63. The summed E-state index contributed by atoms with van der Waals surface area (Å²) >= 11 is 0. The van der Waals surface area contributed by atoms with Crippen molar-refractivity contribution in [2.24, 2.45) is 0 Å². The number of nitrogens with one attached hydrogen (secondary N) is 1. The van der Waals surface area contributed by atoms with Crippen molar-refractivity contribution in [1.29, 1.82) is 0 Å². The van der Waals surface area contributed by atoms with Crippen LogP contribution in [0.1, 0.15) is 30.4 Å².